The smallest absolute Gasteiger partial charge is 0.171 e. The van der Waals surface area contributed by atoms with E-state index in [4.69, 9.17) is 11.0 Å². The van der Waals surface area contributed by atoms with Gasteiger partial charge in [-0.3, -0.25) is 0 Å². The predicted octanol–water partition coefficient (Wildman–Crippen LogP) is 0.721. The number of aromatic nitrogens is 3. The lowest BCUT2D eigenvalue weighted by Gasteiger charge is -2.02. The van der Waals surface area contributed by atoms with Gasteiger partial charge < -0.3 is 5.73 Å². The number of rotatable bonds is 1. The second-order valence-electron chi connectivity index (χ2n) is 2.70. The summed E-state index contributed by atoms with van der Waals surface area (Å²) in [4.78, 5) is 4.04. The number of nitriles is 1. The third kappa shape index (κ3) is 1.29. The first-order chi connectivity index (χ1) is 6.81. The maximum atomic E-state index is 8.86. The zero-order valence-electron chi connectivity index (χ0n) is 7.25. The molecule has 2 heterocycles. The summed E-state index contributed by atoms with van der Waals surface area (Å²) in [6.07, 6.45) is 4.84. The van der Waals surface area contributed by atoms with Crippen molar-refractivity contribution in [3.63, 3.8) is 0 Å². The van der Waals surface area contributed by atoms with E-state index in [1.54, 1.807) is 24.5 Å². The molecule has 0 saturated carbocycles. The molecule has 0 unspecified atom stereocenters. The number of nitrogens with zero attached hydrogens (tertiary/aromatic N) is 4. The third-order valence-electron chi connectivity index (χ3n) is 1.73. The highest BCUT2D eigenvalue weighted by Gasteiger charge is 2.05. The SMILES string of the molecule is N#Cc1cc(N)cnc1-n1cccn1. The van der Waals surface area contributed by atoms with Crippen molar-refractivity contribution < 1.29 is 0 Å². The van der Waals surface area contributed by atoms with E-state index in [0.29, 0.717) is 17.1 Å². The highest BCUT2D eigenvalue weighted by molar-refractivity contribution is 5.51. The Balaban J connectivity index is 2.60. The molecule has 2 N–H and O–H groups in total. The van der Waals surface area contributed by atoms with Gasteiger partial charge in [-0.15, -0.1) is 0 Å². The Kier molecular flexibility index (Phi) is 1.88. The second-order valence-corrected chi connectivity index (χ2v) is 2.70. The standard InChI is InChI=1S/C9H7N5/c10-5-7-4-8(11)6-12-9(7)14-3-1-2-13-14/h1-4,6H,11H2. The zero-order valence-corrected chi connectivity index (χ0v) is 7.25. The van der Waals surface area contributed by atoms with Gasteiger partial charge in [0.1, 0.15) is 6.07 Å². The molecule has 0 aromatic carbocycles. The molecule has 2 rings (SSSR count). The van der Waals surface area contributed by atoms with E-state index in [1.165, 1.54) is 10.9 Å². The first-order valence-electron chi connectivity index (χ1n) is 3.97. The van der Waals surface area contributed by atoms with Crippen molar-refractivity contribution in [2.75, 3.05) is 5.73 Å². The van der Waals surface area contributed by atoms with Crippen LogP contribution in [-0.2, 0) is 0 Å². The summed E-state index contributed by atoms with van der Waals surface area (Å²) in [7, 11) is 0. The van der Waals surface area contributed by atoms with Crippen LogP contribution in [0.25, 0.3) is 5.82 Å². The first kappa shape index (κ1) is 8.26. The summed E-state index contributed by atoms with van der Waals surface area (Å²) in [5.74, 6) is 0.492. The number of hydrogen-bond donors (Lipinski definition) is 1. The van der Waals surface area contributed by atoms with Gasteiger partial charge in [-0.05, 0) is 12.1 Å². The Labute approximate surface area is 80.4 Å². The van der Waals surface area contributed by atoms with Crippen molar-refractivity contribution in [1.29, 1.82) is 5.26 Å². The van der Waals surface area contributed by atoms with Crippen LogP contribution >= 0.6 is 0 Å². The highest BCUT2D eigenvalue weighted by Crippen LogP contribution is 2.12. The van der Waals surface area contributed by atoms with Gasteiger partial charge in [-0.25, -0.2) is 9.67 Å². The molecular weight excluding hydrogens is 178 g/mol. The molecule has 2 aromatic rings. The van der Waals surface area contributed by atoms with E-state index in [-0.39, 0.29) is 0 Å². The number of nitrogens with two attached hydrogens (primary N) is 1. The summed E-state index contributed by atoms with van der Waals surface area (Å²) < 4.78 is 1.53. The fourth-order valence-electron chi connectivity index (χ4n) is 1.13. The molecule has 0 amide bonds. The summed E-state index contributed by atoms with van der Waals surface area (Å²) >= 11 is 0. The Hall–Kier alpha value is -2.35. The van der Waals surface area contributed by atoms with Crippen LogP contribution in [-0.4, -0.2) is 14.8 Å². The van der Waals surface area contributed by atoms with E-state index in [2.05, 4.69) is 10.1 Å². The van der Waals surface area contributed by atoms with Crippen LogP contribution in [0.15, 0.2) is 30.7 Å². The molecule has 2 aromatic heterocycles. The Morgan fingerprint density at radius 3 is 3.00 bits per heavy atom. The lowest BCUT2D eigenvalue weighted by molar-refractivity contribution is 0.844. The topological polar surface area (TPSA) is 80.5 Å². The number of anilines is 1. The van der Waals surface area contributed by atoms with Crippen LogP contribution in [0.4, 0.5) is 5.69 Å². The van der Waals surface area contributed by atoms with Crippen LogP contribution in [0, 0.1) is 11.3 Å². The van der Waals surface area contributed by atoms with Gasteiger partial charge in [-0.1, -0.05) is 0 Å². The molecular formula is C9H7N5. The van der Waals surface area contributed by atoms with Crippen molar-refractivity contribution in [3.05, 3.63) is 36.3 Å². The fraction of sp³-hybridized carbons (Fsp3) is 0. The van der Waals surface area contributed by atoms with Crippen molar-refractivity contribution in [3.8, 4) is 11.9 Å². The minimum absolute atomic E-state index is 0.411. The molecule has 0 saturated heterocycles. The zero-order chi connectivity index (χ0) is 9.97. The normalized spacial score (nSPS) is 9.64. The van der Waals surface area contributed by atoms with Crippen molar-refractivity contribution in [1.82, 2.24) is 14.8 Å². The van der Waals surface area contributed by atoms with Gasteiger partial charge in [-0.2, -0.15) is 10.4 Å². The predicted molar refractivity (Wildman–Crippen MR) is 50.5 cm³/mol. The Bertz CT molecular complexity index is 480. The number of hydrogen-bond acceptors (Lipinski definition) is 4. The second kappa shape index (κ2) is 3.18. The molecule has 0 aliphatic rings. The van der Waals surface area contributed by atoms with E-state index >= 15 is 0 Å². The van der Waals surface area contributed by atoms with E-state index in [0.717, 1.165) is 0 Å². The van der Waals surface area contributed by atoms with Crippen molar-refractivity contribution in [2.45, 2.75) is 0 Å². The Morgan fingerprint density at radius 1 is 1.50 bits per heavy atom. The molecule has 0 atom stereocenters. The van der Waals surface area contributed by atoms with Gasteiger partial charge >= 0.3 is 0 Å². The molecule has 5 heteroatoms. The number of nitrogen functional groups attached to an aromatic ring is 1. The third-order valence-corrected chi connectivity index (χ3v) is 1.73. The molecule has 68 valence electrons. The molecule has 0 aliphatic carbocycles. The molecule has 14 heavy (non-hydrogen) atoms. The lowest BCUT2D eigenvalue weighted by Crippen LogP contribution is -2.02. The van der Waals surface area contributed by atoms with Crippen LogP contribution in [0.1, 0.15) is 5.56 Å². The van der Waals surface area contributed by atoms with Gasteiger partial charge in [0.15, 0.2) is 5.82 Å². The van der Waals surface area contributed by atoms with E-state index < -0.39 is 0 Å². The quantitative estimate of drug-likeness (QED) is 0.709. The van der Waals surface area contributed by atoms with Crippen molar-refractivity contribution >= 4 is 5.69 Å². The van der Waals surface area contributed by atoms with Crippen LogP contribution < -0.4 is 5.73 Å². The van der Waals surface area contributed by atoms with Gasteiger partial charge in [0.25, 0.3) is 0 Å². The minimum atomic E-state index is 0.411. The van der Waals surface area contributed by atoms with Crippen LogP contribution in [0.5, 0.6) is 0 Å². The minimum Gasteiger partial charge on any atom is -0.397 e. The molecule has 0 fully saturated rings. The largest absolute Gasteiger partial charge is 0.397 e. The summed E-state index contributed by atoms with van der Waals surface area (Å²) in [5, 5.41) is 12.8. The summed E-state index contributed by atoms with van der Waals surface area (Å²) in [5.41, 5.74) is 6.39. The molecule has 5 nitrogen and oxygen atoms in total. The van der Waals surface area contributed by atoms with Crippen molar-refractivity contribution in [2.24, 2.45) is 0 Å². The Morgan fingerprint density at radius 2 is 2.36 bits per heavy atom. The summed E-state index contributed by atoms with van der Waals surface area (Å²) in [6.45, 7) is 0. The maximum Gasteiger partial charge on any atom is 0.171 e. The maximum absolute atomic E-state index is 8.86. The number of pyridine rings is 1. The van der Waals surface area contributed by atoms with Crippen LogP contribution in [0.3, 0.4) is 0 Å². The average Bonchev–Trinajstić information content (AvgIpc) is 2.70. The molecule has 0 radical (unpaired) electrons. The van der Waals surface area contributed by atoms with Gasteiger partial charge in [0.2, 0.25) is 0 Å². The first-order valence-corrected chi connectivity index (χ1v) is 3.97. The summed E-state index contributed by atoms with van der Waals surface area (Å²) in [6, 6.07) is 5.36. The molecule has 0 bridgehead atoms. The molecule has 0 spiro atoms. The van der Waals surface area contributed by atoms with E-state index in [1.807, 2.05) is 6.07 Å². The monoisotopic (exact) mass is 185 g/mol. The lowest BCUT2D eigenvalue weighted by atomic mass is 10.2. The average molecular weight is 185 g/mol. The van der Waals surface area contributed by atoms with Gasteiger partial charge in [0, 0.05) is 12.4 Å². The highest BCUT2D eigenvalue weighted by atomic mass is 15.3. The van der Waals surface area contributed by atoms with E-state index in [9.17, 15) is 0 Å². The molecule has 0 aliphatic heterocycles. The van der Waals surface area contributed by atoms with Gasteiger partial charge in [0.05, 0.1) is 17.4 Å². The van der Waals surface area contributed by atoms with Crippen LogP contribution in [0.2, 0.25) is 0 Å². The fourth-order valence-corrected chi connectivity index (χ4v) is 1.13.